The highest BCUT2D eigenvalue weighted by molar-refractivity contribution is 6.32. The lowest BCUT2D eigenvalue weighted by atomic mass is 9.97. The highest BCUT2D eigenvalue weighted by Gasteiger charge is 2.15. The van der Waals surface area contributed by atoms with Gasteiger partial charge in [0, 0.05) is 18.7 Å². The Balaban J connectivity index is 1.87. The summed E-state index contributed by atoms with van der Waals surface area (Å²) in [5.41, 5.74) is 1.04. The van der Waals surface area contributed by atoms with Crippen molar-refractivity contribution < 1.29 is 0 Å². The largest absolute Gasteiger partial charge is 0.317 e. The minimum atomic E-state index is 0.449. The van der Waals surface area contributed by atoms with Crippen LogP contribution in [0.3, 0.4) is 0 Å². The van der Waals surface area contributed by atoms with Crippen LogP contribution in [0, 0.1) is 5.92 Å². The van der Waals surface area contributed by atoms with Crippen molar-refractivity contribution >= 4 is 23.2 Å². The Morgan fingerprint density at radius 3 is 2.72 bits per heavy atom. The lowest BCUT2D eigenvalue weighted by Gasteiger charge is -2.27. The lowest BCUT2D eigenvalue weighted by Crippen LogP contribution is -2.34. The van der Waals surface area contributed by atoms with E-state index >= 15 is 0 Å². The highest BCUT2D eigenvalue weighted by atomic mass is 35.5. The van der Waals surface area contributed by atoms with Crippen LogP contribution in [0.2, 0.25) is 10.3 Å². The van der Waals surface area contributed by atoms with E-state index in [1.54, 1.807) is 6.07 Å². The summed E-state index contributed by atoms with van der Waals surface area (Å²) < 4.78 is 0. The monoisotopic (exact) mass is 287 g/mol. The second kappa shape index (κ2) is 6.71. The van der Waals surface area contributed by atoms with E-state index in [9.17, 15) is 0 Å². The van der Waals surface area contributed by atoms with Gasteiger partial charge < -0.3 is 10.2 Å². The predicted octanol–water partition coefficient (Wildman–Crippen LogP) is 2.82. The minimum Gasteiger partial charge on any atom is -0.317 e. The minimum absolute atomic E-state index is 0.449. The number of halogens is 2. The Bertz CT molecular complexity index is 392. The van der Waals surface area contributed by atoms with Crippen molar-refractivity contribution in [2.75, 3.05) is 26.7 Å². The number of aromatic nitrogens is 1. The van der Waals surface area contributed by atoms with Gasteiger partial charge in [0.25, 0.3) is 0 Å². The van der Waals surface area contributed by atoms with Gasteiger partial charge in [0.1, 0.15) is 10.3 Å². The summed E-state index contributed by atoms with van der Waals surface area (Å²) in [6.45, 7) is 4.22. The molecule has 2 heterocycles. The summed E-state index contributed by atoms with van der Waals surface area (Å²) in [5.74, 6) is 0.787. The molecular weight excluding hydrogens is 269 g/mol. The first kappa shape index (κ1) is 14.1. The Morgan fingerprint density at radius 1 is 1.33 bits per heavy atom. The third-order valence-electron chi connectivity index (χ3n) is 3.36. The first-order valence-corrected chi connectivity index (χ1v) is 7.11. The molecule has 0 atom stereocenters. The van der Waals surface area contributed by atoms with E-state index in [0.29, 0.717) is 10.3 Å². The molecule has 1 saturated heterocycles. The molecule has 1 aromatic rings. The van der Waals surface area contributed by atoms with Crippen LogP contribution in [0.5, 0.6) is 0 Å². The van der Waals surface area contributed by atoms with Gasteiger partial charge in [-0.25, -0.2) is 4.98 Å². The van der Waals surface area contributed by atoms with Gasteiger partial charge in [0.15, 0.2) is 0 Å². The molecule has 100 valence electrons. The number of piperidine rings is 1. The van der Waals surface area contributed by atoms with E-state index in [0.717, 1.165) is 37.7 Å². The van der Waals surface area contributed by atoms with Gasteiger partial charge in [-0.15, -0.1) is 0 Å². The Kier molecular flexibility index (Phi) is 5.25. The number of nitrogens with one attached hydrogen (secondary N) is 1. The fraction of sp³-hybridized carbons (Fsp3) is 0.615. The summed E-state index contributed by atoms with van der Waals surface area (Å²) >= 11 is 11.9. The fourth-order valence-corrected chi connectivity index (χ4v) is 2.82. The molecule has 3 nitrogen and oxygen atoms in total. The summed E-state index contributed by atoms with van der Waals surface area (Å²) in [7, 11) is 2.13. The quantitative estimate of drug-likeness (QED) is 0.864. The maximum Gasteiger partial charge on any atom is 0.135 e. The standard InChI is InChI=1S/C13H19Cl2N3/c1-18(8-10-4-6-16-7-5-10)9-11-2-3-12(14)17-13(11)15/h2-3,10,16H,4-9H2,1H3. The van der Waals surface area contributed by atoms with Crippen molar-refractivity contribution in [2.45, 2.75) is 19.4 Å². The van der Waals surface area contributed by atoms with Gasteiger partial charge in [-0.1, -0.05) is 29.3 Å². The second-order valence-electron chi connectivity index (χ2n) is 4.97. The van der Waals surface area contributed by atoms with E-state index in [4.69, 9.17) is 23.2 Å². The molecule has 0 aromatic carbocycles. The molecule has 1 aromatic heterocycles. The van der Waals surface area contributed by atoms with Crippen molar-refractivity contribution in [3.8, 4) is 0 Å². The van der Waals surface area contributed by atoms with E-state index in [1.807, 2.05) is 6.07 Å². The van der Waals surface area contributed by atoms with Crippen LogP contribution in [0.4, 0.5) is 0 Å². The molecule has 0 saturated carbocycles. The van der Waals surface area contributed by atoms with E-state index in [1.165, 1.54) is 12.8 Å². The van der Waals surface area contributed by atoms with Crippen LogP contribution in [0.1, 0.15) is 18.4 Å². The van der Waals surface area contributed by atoms with Crippen LogP contribution in [0.15, 0.2) is 12.1 Å². The molecule has 0 unspecified atom stereocenters. The topological polar surface area (TPSA) is 28.2 Å². The molecule has 0 bridgehead atoms. The summed E-state index contributed by atoms with van der Waals surface area (Å²) in [6, 6.07) is 3.75. The maximum atomic E-state index is 6.08. The maximum absolute atomic E-state index is 6.08. The van der Waals surface area contributed by atoms with E-state index < -0.39 is 0 Å². The summed E-state index contributed by atoms with van der Waals surface area (Å²) in [5, 5.41) is 4.35. The molecule has 0 amide bonds. The molecule has 0 radical (unpaired) electrons. The van der Waals surface area contributed by atoms with Gasteiger partial charge in [-0.3, -0.25) is 0 Å². The summed E-state index contributed by atoms with van der Waals surface area (Å²) in [6.07, 6.45) is 2.52. The average Bonchev–Trinajstić information content (AvgIpc) is 2.34. The van der Waals surface area contributed by atoms with Crippen LogP contribution >= 0.6 is 23.2 Å². The zero-order valence-corrected chi connectivity index (χ0v) is 12.1. The van der Waals surface area contributed by atoms with Crippen LogP contribution < -0.4 is 5.32 Å². The molecule has 1 aliphatic rings. The van der Waals surface area contributed by atoms with Crippen molar-refractivity contribution in [3.05, 3.63) is 28.0 Å². The molecule has 1 fully saturated rings. The number of pyridine rings is 1. The molecule has 1 N–H and O–H groups in total. The highest BCUT2D eigenvalue weighted by Crippen LogP contribution is 2.19. The van der Waals surface area contributed by atoms with Crippen LogP contribution in [-0.2, 0) is 6.54 Å². The first-order chi connectivity index (χ1) is 8.65. The van der Waals surface area contributed by atoms with Crippen molar-refractivity contribution in [3.63, 3.8) is 0 Å². The third-order valence-corrected chi connectivity index (χ3v) is 3.90. The average molecular weight is 288 g/mol. The second-order valence-corrected chi connectivity index (χ2v) is 5.72. The van der Waals surface area contributed by atoms with Gasteiger partial charge >= 0.3 is 0 Å². The number of rotatable bonds is 4. The zero-order valence-electron chi connectivity index (χ0n) is 10.6. The Labute approximate surface area is 118 Å². The first-order valence-electron chi connectivity index (χ1n) is 6.35. The normalized spacial score (nSPS) is 17.3. The number of hydrogen-bond acceptors (Lipinski definition) is 3. The smallest absolute Gasteiger partial charge is 0.135 e. The van der Waals surface area contributed by atoms with E-state index in [2.05, 4.69) is 22.2 Å². The third kappa shape index (κ3) is 4.09. The lowest BCUT2D eigenvalue weighted by molar-refractivity contribution is 0.234. The Morgan fingerprint density at radius 2 is 2.06 bits per heavy atom. The predicted molar refractivity (Wildman–Crippen MR) is 76.2 cm³/mol. The van der Waals surface area contributed by atoms with Crippen LogP contribution in [0.25, 0.3) is 0 Å². The van der Waals surface area contributed by atoms with Crippen LogP contribution in [-0.4, -0.2) is 36.6 Å². The molecule has 0 aliphatic carbocycles. The molecule has 1 aliphatic heterocycles. The molecule has 0 spiro atoms. The molecule has 18 heavy (non-hydrogen) atoms. The summed E-state index contributed by atoms with van der Waals surface area (Å²) in [4.78, 5) is 6.38. The van der Waals surface area contributed by atoms with E-state index in [-0.39, 0.29) is 0 Å². The molecule has 5 heteroatoms. The number of nitrogens with zero attached hydrogens (tertiary/aromatic N) is 2. The SMILES string of the molecule is CN(Cc1ccc(Cl)nc1Cl)CC1CCNCC1. The zero-order chi connectivity index (χ0) is 13.0. The van der Waals surface area contributed by atoms with Crippen molar-refractivity contribution in [2.24, 2.45) is 5.92 Å². The Hall–Kier alpha value is -0.350. The number of hydrogen-bond donors (Lipinski definition) is 1. The van der Waals surface area contributed by atoms with Gasteiger partial charge in [-0.05, 0) is 45.0 Å². The van der Waals surface area contributed by atoms with Gasteiger partial charge in [-0.2, -0.15) is 0 Å². The van der Waals surface area contributed by atoms with Gasteiger partial charge in [0.2, 0.25) is 0 Å². The molecule has 2 rings (SSSR count). The molecular formula is C13H19Cl2N3. The fourth-order valence-electron chi connectivity index (χ4n) is 2.42. The van der Waals surface area contributed by atoms with Gasteiger partial charge in [0.05, 0.1) is 0 Å². The van der Waals surface area contributed by atoms with Crippen molar-refractivity contribution in [1.82, 2.24) is 15.2 Å². The van der Waals surface area contributed by atoms with Crippen molar-refractivity contribution in [1.29, 1.82) is 0 Å².